The molecule has 0 aromatic carbocycles. The van der Waals surface area contributed by atoms with E-state index < -0.39 is 53.8 Å². The molecule has 6 N–H and O–H groups in total. The number of carboxylic acids is 2. The Morgan fingerprint density at radius 3 is 2.24 bits per heavy atom. The van der Waals surface area contributed by atoms with Gasteiger partial charge in [-0.25, -0.2) is 4.79 Å². The minimum Gasteiger partial charge on any atom is -0.481 e. The van der Waals surface area contributed by atoms with Gasteiger partial charge in [-0.15, -0.1) is 0 Å². The number of hydrogen-bond donors (Lipinski definition) is 5. The van der Waals surface area contributed by atoms with Gasteiger partial charge >= 0.3 is 11.9 Å². The third kappa shape index (κ3) is 8.64. The fourth-order valence-corrected chi connectivity index (χ4v) is 3.85. The Hall–Kier alpha value is -2.69. The van der Waals surface area contributed by atoms with Gasteiger partial charge in [-0.05, 0) is 37.5 Å². The van der Waals surface area contributed by atoms with Crippen molar-refractivity contribution in [3.05, 3.63) is 0 Å². The molecule has 0 bridgehead atoms. The Bertz CT molecular complexity index is 728. The van der Waals surface area contributed by atoms with Crippen LogP contribution in [0.2, 0.25) is 0 Å². The van der Waals surface area contributed by atoms with Crippen LogP contribution in [-0.4, -0.2) is 75.5 Å². The molecule has 1 heterocycles. The van der Waals surface area contributed by atoms with Crippen molar-refractivity contribution in [1.82, 2.24) is 15.5 Å². The summed E-state index contributed by atoms with van der Waals surface area (Å²) in [4.78, 5) is 62.6. The molecule has 5 unspecified atom stereocenters. The van der Waals surface area contributed by atoms with Crippen LogP contribution in [0.25, 0.3) is 0 Å². The zero-order valence-corrected chi connectivity index (χ0v) is 19.9. The van der Waals surface area contributed by atoms with Gasteiger partial charge in [0.15, 0.2) is 0 Å². The lowest BCUT2D eigenvalue weighted by molar-refractivity contribution is -0.146. The second kappa shape index (κ2) is 13.1. The Labute approximate surface area is 194 Å². The molecule has 0 spiro atoms. The second-order valence-electron chi connectivity index (χ2n) is 9.13. The van der Waals surface area contributed by atoms with E-state index in [4.69, 9.17) is 10.8 Å². The number of amides is 3. The van der Waals surface area contributed by atoms with Crippen molar-refractivity contribution in [3.63, 3.8) is 0 Å². The van der Waals surface area contributed by atoms with Crippen LogP contribution in [0, 0.1) is 11.8 Å². The summed E-state index contributed by atoms with van der Waals surface area (Å²) in [7, 11) is 0. The molecule has 11 heteroatoms. The van der Waals surface area contributed by atoms with Crippen molar-refractivity contribution in [3.8, 4) is 0 Å². The average Bonchev–Trinajstić information content (AvgIpc) is 3.22. The number of likely N-dealkylation sites (tertiary alicyclic amines) is 1. The number of carbonyl (C=O) groups is 5. The van der Waals surface area contributed by atoms with Gasteiger partial charge < -0.3 is 31.5 Å². The summed E-state index contributed by atoms with van der Waals surface area (Å²) in [5.41, 5.74) is 5.90. The summed E-state index contributed by atoms with van der Waals surface area (Å²) in [6, 6.07) is -3.98. The highest BCUT2D eigenvalue weighted by Gasteiger charge is 2.39. The van der Waals surface area contributed by atoms with E-state index in [9.17, 15) is 29.1 Å². The number of carbonyl (C=O) groups excluding carboxylic acids is 3. The predicted molar refractivity (Wildman–Crippen MR) is 120 cm³/mol. The fourth-order valence-electron chi connectivity index (χ4n) is 3.85. The Morgan fingerprint density at radius 2 is 1.73 bits per heavy atom. The first-order valence-corrected chi connectivity index (χ1v) is 11.5. The molecular weight excluding hydrogens is 432 g/mol. The van der Waals surface area contributed by atoms with Gasteiger partial charge in [0.25, 0.3) is 0 Å². The standard InChI is InChI=1S/C22H38N4O7/c1-5-13(4)18(22(32)33)25-20(30)16-7-6-10-26(16)21(31)15(8-9-17(27)28)24-19(29)14(23)11-12(2)3/h12-16,18H,5-11,23H2,1-4H3,(H,24,29)(H,25,30)(H,27,28)(H,32,33). The van der Waals surface area contributed by atoms with Gasteiger partial charge in [-0.1, -0.05) is 34.1 Å². The van der Waals surface area contributed by atoms with Crippen LogP contribution in [0.1, 0.15) is 66.2 Å². The zero-order chi connectivity index (χ0) is 25.3. The fraction of sp³-hybridized carbons (Fsp3) is 0.773. The summed E-state index contributed by atoms with van der Waals surface area (Å²) in [5, 5.41) is 23.6. The molecule has 5 atom stereocenters. The van der Waals surface area contributed by atoms with Crippen molar-refractivity contribution < 1.29 is 34.2 Å². The van der Waals surface area contributed by atoms with E-state index in [1.807, 2.05) is 20.8 Å². The second-order valence-corrected chi connectivity index (χ2v) is 9.13. The van der Waals surface area contributed by atoms with Crippen LogP contribution in [-0.2, 0) is 24.0 Å². The molecule has 0 aliphatic carbocycles. The smallest absolute Gasteiger partial charge is 0.326 e. The van der Waals surface area contributed by atoms with Gasteiger partial charge in [-0.2, -0.15) is 0 Å². The Kier molecular flexibility index (Phi) is 11.3. The maximum Gasteiger partial charge on any atom is 0.326 e. The van der Waals surface area contributed by atoms with Crippen LogP contribution >= 0.6 is 0 Å². The number of carboxylic acid groups (broad SMARTS) is 2. The normalized spacial score (nSPS) is 19.5. The third-order valence-corrected chi connectivity index (χ3v) is 5.94. The molecule has 0 radical (unpaired) electrons. The van der Waals surface area contributed by atoms with Crippen LogP contribution in [0.5, 0.6) is 0 Å². The lowest BCUT2D eigenvalue weighted by atomic mass is 9.98. The lowest BCUT2D eigenvalue weighted by Gasteiger charge is -2.30. The first-order valence-electron chi connectivity index (χ1n) is 11.5. The summed E-state index contributed by atoms with van der Waals surface area (Å²) >= 11 is 0. The molecular formula is C22H38N4O7. The number of hydrogen-bond acceptors (Lipinski definition) is 6. The molecule has 1 rings (SSSR count). The largest absolute Gasteiger partial charge is 0.481 e. The van der Waals surface area contributed by atoms with Crippen molar-refractivity contribution in [2.45, 2.75) is 90.4 Å². The van der Waals surface area contributed by atoms with Gasteiger partial charge in [0.1, 0.15) is 18.1 Å². The van der Waals surface area contributed by atoms with Crippen LogP contribution < -0.4 is 16.4 Å². The summed E-state index contributed by atoms with van der Waals surface area (Å²) < 4.78 is 0. The Morgan fingerprint density at radius 1 is 1.09 bits per heavy atom. The van der Waals surface area contributed by atoms with Crippen LogP contribution in [0.3, 0.4) is 0 Å². The molecule has 0 aromatic heterocycles. The van der Waals surface area contributed by atoms with E-state index in [0.29, 0.717) is 25.7 Å². The highest BCUT2D eigenvalue weighted by Crippen LogP contribution is 2.21. The van der Waals surface area contributed by atoms with Crippen LogP contribution in [0.15, 0.2) is 0 Å². The molecule has 1 aliphatic heterocycles. The van der Waals surface area contributed by atoms with E-state index in [1.165, 1.54) is 4.90 Å². The average molecular weight is 471 g/mol. The lowest BCUT2D eigenvalue weighted by Crippen LogP contribution is -2.57. The van der Waals surface area contributed by atoms with E-state index >= 15 is 0 Å². The topological polar surface area (TPSA) is 179 Å². The van der Waals surface area contributed by atoms with Crippen LogP contribution in [0.4, 0.5) is 0 Å². The summed E-state index contributed by atoms with van der Waals surface area (Å²) in [6.45, 7) is 7.58. The van der Waals surface area contributed by atoms with Crippen molar-refractivity contribution in [2.75, 3.05) is 6.54 Å². The van der Waals surface area contributed by atoms with E-state index in [2.05, 4.69) is 10.6 Å². The summed E-state index contributed by atoms with van der Waals surface area (Å²) in [5.74, 6) is -4.14. The number of aliphatic carboxylic acids is 2. The highest BCUT2D eigenvalue weighted by atomic mass is 16.4. The number of nitrogens with zero attached hydrogens (tertiary/aromatic N) is 1. The molecule has 1 saturated heterocycles. The summed E-state index contributed by atoms with van der Waals surface area (Å²) in [6.07, 6.45) is 1.31. The van der Waals surface area contributed by atoms with E-state index in [1.54, 1.807) is 6.92 Å². The molecule has 0 saturated carbocycles. The maximum absolute atomic E-state index is 13.2. The first-order chi connectivity index (χ1) is 15.4. The molecule has 3 amide bonds. The molecule has 188 valence electrons. The van der Waals surface area contributed by atoms with Crippen molar-refractivity contribution in [2.24, 2.45) is 17.6 Å². The number of nitrogens with one attached hydrogen (secondary N) is 2. The van der Waals surface area contributed by atoms with Gasteiger partial charge in [-0.3, -0.25) is 19.2 Å². The van der Waals surface area contributed by atoms with E-state index in [-0.39, 0.29) is 31.2 Å². The number of rotatable bonds is 13. The predicted octanol–water partition coefficient (Wildman–Crippen LogP) is 0.316. The van der Waals surface area contributed by atoms with E-state index in [0.717, 1.165) is 0 Å². The number of nitrogens with two attached hydrogens (primary N) is 1. The minimum absolute atomic E-state index is 0.149. The highest BCUT2D eigenvalue weighted by molar-refractivity contribution is 5.94. The van der Waals surface area contributed by atoms with Crippen molar-refractivity contribution in [1.29, 1.82) is 0 Å². The SMILES string of the molecule is CCC(C)C(NC(=O)C1CCCN1C(=O)C(CCC(=O)O)NC(=O)C(N)CC(C)C)C(=O)O. The molecule has 11 nitrogen and oxygen atoms in total. The quantitative estimate of drug-likeness (QED) is 0.255. The van der Waals surface area contributed by atoms with Gasteiger partial charge in [0.2, 0.25) is 17.7 Å². The maximum atomic E-state index is 13.2. The molecule has 1 aliphatic rings. The molecule has 33 heavy (non-hydrogen) atoms. The zero-order valence-electron chi connectivity index (χ0n) is 19.9. The van der Waals surface area contributed by atoms with Crippen molar-refractivity contribution >= 4 is 29.7 Å². The molecule has 0 aromatic rings. The minimum atomic E-state index is -1.15. The Balaban J connectivity index is 2.99. The first kappa shape index (κ1) is 28.3. The third-order valence-electron chi connectivity index (χ3n) is 5.94. The molecule has 1 fully saturated rings. The van der Waals surface area contributed by atoms with Gasteiger partial charge in [0, 0.05) is 13.0 Å². The van der Waals surface area contributed by atoms with Gasteiger partial charge in [0.05, 0.1) is 6.04 Å². The monoisotopic (exact) mass is 470 g/mol.